The van der Waals surface area contributed by atoms with E-state index in [1.165, 1.54) is 4.88 Å². The third-order valence-corrected chi connectivity index (χ3v) is 9.10. The van der Waals surface area contributed by atoms with Crippen molar-refractivity contribution in [2.75, 3.05) is 56.9 Å². The lowest BCUT2D eigenvalue weighted by Gasteiger charge is -2.13. The van der Waals surface area contributed by atoms with Crippen molar-refractivity contribution in [2.45, 2.75) is 33.2 Å². The van der Waals surface area contributed by atoms with Crippen molar-refractivity contribution in [3.63, 3.8) is 0 Å². The second kappa shape index (κ2) is 16.6. The van der Waals surface area contributed by atoms with Crippen LogP contribution in [0.4, 0.5) is 5.69 Å². The van der Waals surface area contributed by atoms with E-state index in [1.807, 2.05) is 60.0 Å². The molecule has 1 aliphatic heterocycles. The highest BCUT2D eigenvalue weighted by Crippen LogP contribution is 2.39. The zero-order valence-corrected chi connectivity index (χ0v) is 29.2. The van der Waals surface area contributed by atoms with Crippen LogP contribution in [0.25, 0.3) is 5.00 Å². The SMILES string of the molecule is Cc1sc2c(c1C)C(c1ccc(Cl)cc1)=NC(CC(=O)Nc1ccc(OCCOCCOCCOCCBr)cc1)c1nnc(C)n1-2. The smallest absolute Gasteiger partial charge is 0.227 e. The van der Waals surface area contributed by atoms with Gasteiger partial charge in [0.05, 0.1) is 51.8 Å². The number of hydrogen-bond acceptors (Lipinski definition) is 9. The van der Waals surface area contributed by atoms with Crippen LogP contribution in [0.1, 0.15) is 45.7 Å². The van der Waals surface area contributed by atoms with Gasteiger partial charge in [0, 0.05) is 32.0 Å². The minimum atomic E-state index is -0.549. The van der Waals surface area contributed by atoms with E-state index in [4.69, 9.17) is 35.5 Å². The number of aliphatic imine (C=N–C) groups is 1. The molecule has 3 heterocycles. The molecule has 10 nitrogen and oxygen atoms in total. The monoisotopic (exact) mass is 729 g/mol. The molecule has 1 amide bonds. The molecule has 0 fully saturated rings. The topological polar surface area (TPSA) is 109 Å². The Kier molecular flexibility index (Phi) is 12.4. The Balaban J connectivity index is 1.19. The Morgan fingerprint density at radius 1 is 0.913 bits per heavy atom. The molecule has 0 saturated heterocycles. The molecule has 1 aliphatic rings. The van der Waals surface area contributed by atoms with Crippen LogP contribution in [-0.4, -0.2) is 78.0 Å². The molecule has 1 atom stereocenters. The van der Waals surface area contributed by atoms with Crippen molar-refractivity contribution >= 4 is 56.2 Å². The highest BCUT2D eigenvalue weighted by atomic mass is 79.9. The number of aromatic nitrogens is 3. The number of aryl methyl sites for hydroxylation is 2. The molecular formula is C33H37BrClN5O5S. The lowest BCUT2D eigenvalue weighted by Crippen LogP contribution is -2.17. The third kappa shape index (κ3) is 8.61. The standard InChI is InChI=1S/C33H37BrClN5O5S/c1-21-22(2)46-33-30(21)31(24-4-6-25(35)7-5-24)37-28(32-39-38-23(3)40(32)33)20-29(41)36-26-8-10-27(11-9-26)45-19-18-44-17-16-43-15-14-42-13-12-34/h4-11,28H,12-20H2,1-3H3,(H,36,41). The number of carbonyl (C=O) groups is 1. The molecule has 0 saturated carbocycles. The molecular weight excluding hydrogens is 694 g/mol. The lowest BCUT2D eigenvalue weighted by atomic mass is 9.99. The van der Waals surface area contributed by atoms with Gasteiger partial charge in [-0.2, -0.15) is 0 Å². The molecule has 1 N–H and O–H groups in total. The van der Waals surface area contributed by atoms with Crippen LogP contribution in [0.5, 0.6) is 5.75 Å². The van der Waals surface area contributed by atoms with E-state index < -0.39 is 6.04 Å². The van der Waals surface area contributed by atoms with Gasteiger partial charge in [0.25, 0.3) is 0 Å². The summed E-state index contributed by atoms with van der Waals surface area (Å²) in [5.74, 6) is 1.88. The van der Waals surface area contributed by atoms with Crippen LogP contribution in [0.15, 0.2) is 53.5 Å². The molecule has 2 aromatic heterocycles. The second-order valence-electron chi connectivity index (χ2n) is 10.6. The van der Waals surface area contributed by atoms with E-state index in [1.54, 1.807) is 11.3 Å². The van der Waals surface area contributed by atoms with Crippen molar-refractivity contribution in [1.29, 1.82) is 0 Å². The highest BCUT2D eigenvalue weighted by Gasteiger charge is 2.32. The predicted molar refractivity (Wildman–Crippen MR) is 185 cm³/mol. The first-order valence-electron chi connectivity index (χ1n) is 15.0. The quantitative estimate of drug-likeness (QED) is 0.102. The second-order valence-corrected chi connectivity index (χ2v) is 13.0. The molecule has 1 unspecified atom stereocenters. The summed E-state index contributed by atoms with van der Waals surface area (Å²) >= 11 is 11.2. The van der Waals surface area contributed by atoms with Gasteiger partial charge in [0.1, 0.15) is 29.2 Å². The average molecular weight is 731 g/mol. The zero-order chi connectivity index (χ0) is 32.5. The zero-order valence-electron chi connectivity index (χ0n) is 26.1. The number of ether oxygens (including phenoxy) is 4. The van der Waals surface area contributed by atoms with Crippen LogP contribution in [0.2, 0.25) is 5.02 Å². The largest absolute Gasteiger partial charge is 0.491 e. The minimum Gasteiger partial charge on any atom is -0.491 e. The third-order valence-electron chi connectivity index (χ3n) is 7.34. The van der Waals surface area contributed by atoms with Gasteiger partial charge in [0.2, 0.25) is 5.91 Å². The Morgan fingerprint density at radius 2 is 1.57 bits per heavy atom. The normalized spacial score (nSPS) is 13.9. The maximum Gasteiger partial charge on any atom is 0.227 e. The molecule has 4 aromatic rings. The molecule has 0 aliphatic carbocycles. The number of benzene rings is 2. The van der Waals surface area contributed by atoms with Gasteiger partial charge in [-0.25, -0.2) is 0 Å². The van der Waals surface area contributed by atoms with E-state index >= 15 is 0 Å². The fraction of sp³-hybridized carbons (Fsp3) is 0.394. The molecule has 0 bridgehead atoms. The van der Waals surface area contributed by atoms with Crippen molar-refractivity contribution in [1.82, 2.24) is 14.8 Å². The number of amides is 1. The summed E-state index contributed by atoms with van der Waals surface area (Å²) in [4.78, 5) is 19.7. The Labute approximate surface area is 286 Å². The molecule has 0 radical (unpaired) electrons. The van der Waals surface area contributed by atoms with Gasteiger partial charge in [-0.15, -0.1) is 21.5 Å². The number of fused-ring (bicyclic) bond motifs is 3. The number of nitrogens with one attached hydrogen (secondary N) is 1. The maximum absolute atomic E-state index is 13.4. The fourth-order valence-corrected chi connectivity index (χ4v) is 6.54. The van der Waals surface area contributed by atoms with Gasteiger partial charge in [-0.05, 0) is 62.7 Å². The summed E-state index contributed by atoms with van der Waals surface area (Å²) in [6.45, 7) is 9.76. The minimum absolute atomic E-state index is 0.0887. The van der Waals surface area contributed by atoms with E-state index in [2.05, 4.69) is 45.3 Å². The summed E-state index contributed by atoms with van der Waals surface area (Å²) in [5, 5.41) is 14.3. The van der Waals surface area contributed by atoms with Gasteiger partial charge in [0.15, 0.2) is 5.82 Å². The highest BCUT2D eigenvalue weighted by molar-refractivity contribution is 9.09. The number of alkyl halides is 1. The first-order valence-corrected chi connectivity index (χ1v) is 17.4. The summed E-state index contributed by atoms with van der Waals surface area (Å²) < 4.78 is 24.1. The average Bonchev–Trinajstić information content (AvgIpc) is 3.52. The molecule has 244 valence electrons. The van der Waals surface area contributed by atoms with Crippen LogP contribution < -0.4 is 10.1 Å². The van der Waals surface area contributed by atoms with Crippen molar-refractivity contribution in [2.24, 2.45) is 4.99 Å². The Hall–Kier alpha value is -3.13. The molecule has 5 rings (SSSR count). The number of halogens is 2. The van der Waals surface area contributed by atoms with Crippen molar-refractivity contribution in [3.05, 3.63) is 86.8 Å². The number of anilines is 1. The summed E-state index contributed by atoms with van der Waals surface area (Å²) in [7, 11) is 0. The number of hydrogen-bond donors (Lipinski definition) is 1. The van der Waals surface area contributed by atoms with Crippen molar-refractivity contribution in [3.8, 4) is 10.8 Å². The van der Waals surface area contributed by atoms with Crippen LogP contribution >= 0.6 is 38.9 Å². The van der Waals surface area contributed by atoms with Crippen LogP contribution in [0, 0.1) is 20.8 Å². The van der Waals surface area contributed by atoms with E-state index in [0.717, 1.165) is 38.6 Å². The Bertz CT molecular complexity index is 1640. The van der Waals surface area contributed by atoms with Crippen molar-refractivity contribution < 1.29 is 23.7 Å². The van der Waals surface area contributed by atoms with Gasteiger partial charge < -0.3 is 24.3 Å². The van der Waals surface area contributed by atoms with Gasteiger partial charge in [-0.1, -0.05) is 39.7 Å². The fourth-order valence-electron chi connectivity index (χ4n) is 4.97. The first kappa shape index (κ1) is 34.2. The Morgan fingerprint density at radius 3 is 2.24 bits per heavy atom. The molecule has 0 spiro atoms. The summed E-state index contributed by atoms with van der Waals surface area (Å²) in [5.41, 5.74) is 4.56. The maximum atomic E-state index is 13.4. The number of thiophene rings is 1. The predicted octanol–water partition coefficient (Wildman–Crippen LogP) is 6.65. The van der Waals surface area contributed by atoms with Gasteiger partial charge in [-0.3, -0.25) is 14.4 Å². The lowest BCUT2D eigenvalue weighted by molar-refractivity contribution is -0.116. The molecule has 46 heavy (non-hydrogen) atoms. The van der Waals surface area contributed by atoms with E-state index in [0.29, 0.717) is 68.5 Å². The van der Waals surface area contributed by atoms with E-state index in [-0.39, 0.29) is 12.3 Å². The van der Waals surface area contributed by atoms with Crippen LogP contribution in [-0.2, 0) is 19.0 Å². The number of carbonyl (C=O) groups excluding carboxylic acids is 1. The summed E-state index contributed by atoms with van der Waals surface area (Å²) in [6, 6.07) is 14.3. The molecule has 2 aromatic carbocycles. The molecule has 13 heteroatoms. The van der Waals surface area contributed by atoms with E-state index in [9.17, 15) is 4.79 Å². The van der Waals surface area contributed by atoms with Gasteiger partial charge >= 0.3 is 0 Å². The number of rotatable bonds is 16. The summed E-state index contributed by atoms with van der Waals surface area (Å²) in [6.07, 6.45) is 0.0887. The first-order chi connectivity index (χ1) is 22.4. The number of nitrogens with zero attached hydrogens (tertiary/aromatic N) is 4. The van der Waals surface area contributed by atoms with Crippen LogP contribution in [0.3, 0.4) is 0 Å².